The number of anilines is 1. The van der Waals surface area contributed by atoms with Crippen LogP contribution in [0.15, 0.2) is 22.7 Å². The van der Waals surface area contributed by atoms with Gasteiger partial charge in [0, 0.05) is 5.69 Å². The Labute approximate surface area is 109 Å². The molecule has 1 aromatic rings. The van der Waals surface area contributed by atoms with Crippen LogP contribution in [0.5, 0.6) is 0 Å². The van der Waals surface area contributed by atoms with E-state index in [2.05, 4.69) is 21.2 Å². The van der Waals surface area contributed by atoms with Gasteiger partial charge in [-0.1, -0.05) is 6.07 Å². The van der Waals surface area contributed by atoms with Crippen LogP contribution in [0.3, 0.4) is 0 Å². The second-order valence-corrected chi connectivity index (χ2v) is 5.35. The number of nitrogens with one attached hydrogen (secondary N) is 1. The fraction of sp³-hybridized carbons (Fsp3) is 0.417. The van der Waals surface area contributed by atoms with Gasteiger partial charge in [-0.05, 0) is 48.8 Å². The molecular formula is C12H17BrN2O2. The van der Waals surface area contributed by atoms with Crippen molar-refractivity contribution in [1.29, 1.82) is 0 Å². The summed E-state index contributed by atoms with van der Waals surface area (Å²) in [5.74, 6) is -0.268. The van der Waals surface area contributed by atoms with Crippen LogP contribution >= 0.6 is 15.9 Å². The number of aliphatic hydroxyl groups is 1. The van der Waals surface area contributed by atoms with Gasteiger partial charge in [0.15, 0.2) is 0 Å². The molecule has 1 rings (SSSR count). The van der Waals surface area contributed by atoms with E-state index in [0.29, 0.717) is 15.7 Å². The van der Waals surface area contributed by atoms with Gasteiger partial charge in [-0.15, -0.1) is 0 Å². The second-order valence-electron chi connectivity index (χ2n) is 4.56. The number of carbonyl (C=O) groups excluding carboxylic acids is 1. The molecular weight excluding hydrogens is 284 g/mol. The van der Waals surface area contributed by atoms with Crippen molar-refractivity contribution < 1.29 is 9.90 Å². The first-order valence-electron chi connectivity index (χ1n) is 5.30. The Hall–Kier alpha value is -1.07. The molecule has 4 N–H and O–H groups in total. The lowest BCUT2D eigenvalue weighted by Crippen LogP contribution is -2.51. The van der Waals surface area contributed by atoms with Crippen LogP contribution in [-0.4, -0.2) is 22.7 Å². The lowest BCUT2D eigenvalue weighted by Gasteiger charge is -2.29. The van der Waals surface area contributed by atoms with Gasteiger partial charge in [-0.2, -0.15) is 0 Å². The average Bonchev–Trinajstić information content (AvgIpc) is 2.21. The third kappa shape index (κ3) is 3.20. The minimum Gasteiger partial charge on any atom is -0.398 e. The molecule has 0 fully saturated rings. The molecule has 0 saturated heterocycles. The molecule has 0 aliphatic rings. The Bertz CT molecular complexity index is 431. The largest absolute Gasteiger partial charge is 0.398 e. The normalized spacial score (nSPS) is 13.2. The van der Waals surface area contributed by atoms with E-state index in [-0.39, 0.29) is 5.91 Å². The number of halogens is 1. The summed E-state index contributed by atoms with van der Waals surface area (Å²) in [5.41, 5.74) is 5.98. The highest BCUT2D eigenvalue weighted by Gasteiger charge is 2.27. The Morgan fingerprint density at radius 3 is 2.65 bits per heavy atom. The van der Waals surface area contributed by atoms with Crippen LogP contribution in [0.25, 0.3) is 0 Å². The predicted octanol–water partition coefficient (Wildman–Crippen LogP) is 1.92. The summed E-state index contributed by atoms with van der Waals surface area (Å²) in [6, 6.07) is 5.10. The molecule has 0 aliphatic carbocycles. The van der Waals surface area contributed by atoms with E-state index < -0.39 is 11.6 Å². The summed E-state index contributed by atoms with van der Waals surface area (Å²) in [4.78, 5) is 12.0. The molecule has 0 radical (unpaired) electrons. The first-order chi connectivity index (χ1) is 7.75. The molecule has 0 bridgehead atoms. The molecule has 17 heavy (non-hydrogen) atoms. The molecule has 0 aliphatic heterocycles. The zero-order valence-electron chi connectivity index (χ0n) is 10.1. The molecule has 0 heterocycles. The number of carbonyl (C=O) groups is 1. The lowest BCUT2D eigenvalue weighted by molar-refractivity contribution is 0.0709. The molecule has 1 aromatic carbocycles. The fourth-order valence-electron chi connectivity index (χ4n) is 1.19. The minimum atomic E-state index is -0.693. The third-order valence-corrected chi connectivity index (χ3v) is 3.64. The van der Waals surface area contributed by atoms with E-state index in [9.17, 15) is 9.90 Å². The SMILES string of the molecule is CC(O)C(C)(C)NC(=O)c1cccc(N)c1Br. The van der Waals surface area contributed by atoms with Crippen molar-refractivity contribution in [2.24, 2.45) is 0 Å². The highest BCUT2D eigenvalue weighted by Crippen LogP contribution is 2.24. The number of nitrogens with two attached hydrogens (primary N) is 1. The van der Waals surface area contributed by atoms with Crippen LogP contribution < -0.4 is 11.1 Å². The molecule has 1 unspecified atom stereocenters. The molecule has 0 spiro atoms. The fourth-order valence-corrected chi connectivity index (χ4v) is 1.63. The van der Waals surface area contributed by atoms with Crippen LogP contribution in [0.2, 0.25) is 0 Å². The molecule has 1 amide bonds. The van der Waals surface area contributed by atoms with Gasteiger partial charge < -0.3 is 16.2 Å². The topological polar surface area (TPSA) is 75.3 Å². The number of nitrogen functional groups attached to an aromatic ring is 1. The number of benzene rings is 1. The summed E-state index contributed by atoms with van der Waals surface area (Å²) in [7, 11) is 0. The van der Waals surface area contributed by atoms with Crippen LogP contribution in [0.1, 0.15) is 31.1 Å². The zero-order chi connectivity index (χ0) is 13.2. The summed E-state index contributed by atoms with van der Waals surface area (Å²) in [6.07, 6.45) is -0.647. The van der Waals surface area contributed by atoms with E-state index in [4.69, 9.17) is 5.73 Å². The molecule has 4 nitrogen and oxygen atoms in total. The highest BCUT2D eigenvalue weighted by molar-refractivity contribution is 9.10. The van der Waals surface area contributed by atoms with Crippen molar-refractivity contribution in [3.63, 3.8) is 0 Å². The van der Waals surface area contributed by atoms with Crippen molar-refractivity contribution in [2.75, 3.05) is 5.73 Å². The quantitative estimate of drug-likeness (QED) is 0.747. The average molecular weight is 301 g/mol. The predicted molar refractivity (Wildman–Crippen MR) is 71.8 cm³/mol. The number of hydrogen-bond donors (Lipinski definition) is 3. The molecule has 1 atom stereocenters. The van der Waals surface area contributed by atoms with Crippen molar-refractivity contribution in [2.45, 2.75) is 32.4 Å². The minimum absolute atomic E-state index is 0.268. The van der Waals surface area contributed by atoms with E-state index in [1.807, 2.05) is 0 Å². The van der Waals surface area contributed by atoms with Gasteiger partial charge in [0.25, 0.3) is 5.91 Å². The van der Waals surface area contributed by atoms with Gasteiger partial charge in [0.05, 0.1) is 21.7 Å². The van der Waals surface area contributed by atoms with Gasteiger partial charge in [0.2, 0.25) is 0 Å². The Morgan fingerprint density at radius 2 is 2.12 bits per heavy atom. The Kier molecular flexibility index (Phi) is 4.16. The Morgan fingerprint density at radius 1 is 1.53 bits per heavy atom. The maximum absolute atomic E-state index is 12.0. The number of rotatable bonds is 3. The van der Waals surface area contributed by atoms with Crippen molar-refractivity contribution in [3.8, 4) is 0 Å². The van der Waals surface area contributed by atoms with Crippen LogP contribution in [-0.2, 0) is 0 Å². The molecule has 94 valence electrons. The molecule has 0 aromatic heterocycles. The van der Waals surface area contributed by atoms with Crippen LogP contribution in [0.4, 0.5) is 5.69 Å². The zero-order valence-corrected chi connectivity index (χ0v) is 11.7. The lowest BCUT2D eigenvalue weighted by atomic mass is 9.98. The van der Waals surface area contributed by atoms with Crippen molar-refractivity contribution in [3.05, 3.63) is 28.2 Å². The maximum atomic E-state index is 12.0. The van der Waals surface area contributed by atoms with E-state index in [1.54, 1.807) is 39.0 Å². The van der Waals surface area contributed by atoms with E-state index in [0.717, 1.165) is 0 Å². The van der Waals surface area contributed by atoms with Gasteiger partial charge in [0.1, 0.15) is 0 Å². The second kappa shape index (κ2) is 5.06. The van der Waals surface area contributed by atoms with Gasteiger partial charge in [-0.25, -0.2) is 0 Å². The molecule has 5 heteroatoms. The smallest absolute Gasteiger partial charge is 0.253 e. The third-order valence-electron chi connectivity index (χ3n) is 2.75. The summed E-state index contributed by atoms with van der Waals surface area (Å²) in [5, 5.41) is 12.3. The monoisotopic (exact) mass is 300 g/mol. The first kappa shape index (κ1) is 14.0. The highest BCUT2D eigenvalue weighted by atomic mass is 79.9. The van der Waals surface area contributed by atoms with E-state index in [1.165, 1.54) is 0 Å². The molecule has 0 saturated carbocycles. The summed E-state index contributed by atoms with van der Waals surface area (Å²) < 4.78 is 0.568. The first-order valence-corrected chi connectivity index (χ1v) is 6.09. The van der Waals surface area contributed by atoms with Crippen molar-refractivity contribution in [1.82, 2.24) is 5.32 Å². The van der Waals surface area contributed by atoms with Gasteiger partial charge >= 0.3 is 0 Å². The maximum Gasteiger partial charge on any atom is 0.253 e. The number of amides is 1. The Balaban J connectivity index is 2.95. The number of hydrogen-bond acceptors (Lipinski definition) is 3. The summed E-state index contributed by atoms with van der Waals surface area (Å²) in [6.45, 7) is 5.15. The number of aliphatic hydroxyl groups excluding tert-OH is 1. The van der Waals surface area contributed by atoms with Crippen LogP contribution in [0, 0.1) is 0 Å². The summed E-state index contributed by atoms with van der Waals surface area (Å²) >= 11 is 3.28. The van der Waals surface area contributed by atoms with Gasteiger partial charge in [-0.3, -0.25) is 4.79 Å². The van der Waals surface area contributed by atoms with E-state index >= 15 is 0 Å². The standard InChI is InChI=1S/C12H17BrN2O2/c1-7(16)12(2,3)15-11(17)8-5-4-6-9(14)10(8)13/h4-7,16H,14H2,1-3H3,(H,15,17). The van der Waals surface area contributed by atoms with Crippen molar-refractivity contribution >= 4 is 27.5 Å².